The molecule has 17 heavy (non-hydrogen) atoms. The van der Waals surface area contributed by atoms with Gasteiger partial charge < -0.3 is 10.1 Å². The van der Waals surface area contributed by atoms with E-state index in [1.807, 2.05) is 33.0 Å². The third-order valence-corrected chi connectivity index (χ3v) is 2.37. The van der Waals surface area contributed by atoms with Crippen molar-refractivity contribution in [2.45, 2.75) is 52.7 Å². The molecule has 1 rings (SSSR count). The van der Waals surface area contributed by atoms with Crippen LogP contribution in [0, 0.1) is 0 Å². The van der Waals surface area contributed by atoms with E-state index in [1.165, 1.54) is 5.56 Å². The molecule has 1 unspecified atom stereocenters. The second kappa shape index (κ2) is 6.01. The molecule has 0 bridgehead atoms. The van der Waals surface area contributed by atoms with Gasteiger partial charge in [-0.05, 0) is 46.2 Å². The summed E-state index contributed by atoms with van der Waals surface area (Å²) in [5.41, 5.74) is 1.00. The monoisotopic (exact) mass is 236 g/mol. The van der Waals surface area contributed by atoms with Gasteiger partial charge in [0.15, 0.2) is 0 Å². The number of nitrogens with zero attached hydrogens (tertiary/aromatic N) is 1. The molecule has 0 aliphatic rings. The van der Waals surface area contributed by atoms with Crippen LogP contribution in [0.15, 0.2) is 18.3 Å². The molecule has 0 saturated heterocycles. The van der Waals surface area contributed by atoms with Gasteiger partial charge >= 0.3 is 0 Å². The Hall–Kier alpha value is -1.09. The lowest BCUT2D eigenvalue weighted by molar-refractivity contribution is 0.124. The highest BCUT2D eigenvalue weighted by molar-refractivity contribution is 5.20. The zero-order valence-corrected chi connectivity index (χ0v) is 11.6. The van der Waals surface area contributed by atoms with Crippen molar-refractivity contribution in [3.8, 4) is 5.88 Å². The quantitative estimate of drug-likeness (QED) is 0.851. The number of ether oxygens (including phenoxy) is 1. The van der Waals surface area contributed by atoms with Crippen LogP contribution in [0.25, 0.3) is 0 Å². The number of hydrogen-bond acceptors (Lipinski definition) is 3. The maximum atomic E-state index is 5.69. The van der Waals surface area contributed by atoms with Crippen LogP contribution in [-0.2, 0) is 0 Å². The predicted octanol–water partition coefficient (Wildman–Crippen LogP) is 3.32. The minimum atomic E-state index is -0.194. The van der Waals surface area contributed by atoms with Crippen LogP contribution >= 0.6 is 0 Å². The first kappa shape index (κ1) is 14.0. The summed E-state index contributed by atoms with van der Waals surface area (Å²) in [6.07, 6.45) is 3.03. The normalized spacial score (nSPS) is 13.5. The van der Waals surface area contributed by atoms with Gasteiger partial charge in [-0.15, -0.1) is 0 Å². The van der Waals surface area contributed by atoms with Crippen molar-refractivity contribution in [3.63, 3.8) is 0 Å². The first-order chi connectivity index (χ1) is 7.92. The molecular formula is C14H24N2O. The van der Waals surface area contributed by atoms with Crippen molar-refractivity contribution < 1.29 is 4.74 Å². The lowest BCUT2D eigenvalue weighted by Gasteiger charge is -2.20. The number of hydrogen-bond donors (Lipinski definition) is 1. The summed E-state index contributed by atoms with van der Waals surface area (Å²) >= 11 is 0. The van der Waals surface area contributed by atoms with E-state index in [0.29, 0.717) is 11.9 Å². The Morgan fingerprint density at radius 2 is 2.06 bits per heavy atom. The van der Waals surface area contributed by atoms with Gasteiger partial charge in [-0.3, -0.25) is 0 Å². The second-order valence-corrected chi connectivity index (χ2v) is 5.32. The SMILES string of the molecule is CCCNC(C)c1ccc(OC(C)(C)C)nc1. The Morgan fingerprint density at radius 3 is 2.53 bits per heavy atom. The molecule has 0 aliphatic carbocycles. The molecule has 3 heteroatoms. The first-order valence-electron chi connectivity index (χ1n) is 6.30. The Labute approximate surface area is 105 Å². The van der Waals surface area contributed by atoms with Gasteiger partial charge in [0.1, 0.15) is 5.60 Å². The molecule has 1 aromatic heterocycles. The van der Waals surface area contributed by atoms with Crippen LogP contribution in [0.2, 0.25) is 0 Å². The highest BCUT2D eigenvalue weighted by atomic mass is 16.5. The van der Waals surface area contributed by atoms with E-state index in [0.717, 1.165) is 13.0 Å². The van der Waals surface area contributed by atoms with Gasteiger partial charge in [-0.25, -0.2) is 4.98 Å². The molecule has 0 aliphatic heterocycles. The summed E-state index contributed by atoms with van der Waals surface area (Å²) in [4.78, 5) is 4.33. The zero-order valence-electron chi connectivity index (χ0n) is 11.6. The molecule has 0 spiro atoms. The van der Waals surface area contributed by atoms with Crippen LogP contribution < -0.4 is 10.1 Å². The third kappa shape index (κ3) is 5.18. The number of aromatic nitrogens is 1. The van der Waals surface area contributed by atoms with Crippen molar-refractivity contribution in [1.82, 2.24) is 10.3 Å². The standard InChI is InChI=1S/C14H24N2O/c1-6-9-15-11(2)12-7-8-13(16-10-12)17-14(3,4)5/h7-8,10-11,15H,6,9H2,1-5H3. The van der Waals surface area contributed by atoms with Crippen LogP contribution in [0.3, 0.4) is 0 Å². The third-order valence-electron chi connectivity index (χ3n) is 2.37. The number of pyridine rings is 1. The molecule has 1 aromatic rings. The largest absolute Gasteiger partial charge is 0.472 e. The fraction of sp³-hybridized carbons (Fsp3) is 0.643. The van der Waals surface area contributed by atoms with Crippen LogP contribution in [-0.4, -0.2) is 17.1 Å². The fourth-order valence-electron chi connectivity index (χ4n) is 1.50. The van der Waals surface area contributed by atoms with Crippen LogP contribution in [0.4, 0.5) is 0 Å². The molecule has 0 saturated carbocycles. The smallest absolute Gasteiger partial charge is 0.213 e. The highest BCUT2D eigenvalue weighted by Gasteiger charge is 2.13. The minimum Gasteiger partial charge on any atom is -0.472 e. The molecular weight excluding hydrogens is 212 g/mol. The lowest BCUT2D eigenvalue weighted by Crippen LogP contribution is -2.23. The van der Waals surface area contributed by atoms with Crippen molar-refractivity contribution in [2.24, 2.45) is 0 Å². The van der Waals surface area contributed by atoms with E-state index >= 15 is 0 Å². The molecule has 1 N–H and O–H groups in total. The van der Waals surface area contributed by atoms with Crippen molar-refractivity contribution in [3.05, 3.63) is 23.9 Å². The summed E-state index contributed by atoms with van der Waals surface area (Å²) in [5.74, 6) is 0.684. The van der Waals surface area contributed by atoms with Crippen LogP contribution in [0.5, 0.6) is 5.88 Å². The summed E-state index contributed by atoms with van der Waals surface area (Å²) in [7, 11) is 0. The van der Waals surface area contributed by atoms with Gasteiger partial charge in [-0.2, -0.15) is 0 Å². The number of nitrogens with one attached hydrogen (secondary N) is 1. The van der Waals surface area contributed by atoms with E-state index in [2.05, 4.69) is 30.2 Å². The Balaban J connectivity index is 2.61. The van der Waals surface area contributed by atoms with Gasteiger partial charge in [0.05, 0.1) is 0 Å². The van der Waals surface area contributed by atoms with Gasteiger partial charge in [0.25, 0.3) is 0 Å². The fourth-order valence-corrected chi connectivity index (χ4v) is 1.50. The predicted molar refractivity (Wildman–Crippen MR) is 71.3 cm³/mol. The summed E-state index contributed by atoms with van der Waals surface area (Å²) in [5, 5.41) is 3.44. The molecule has 3 nitrogen and oxygen atoms in total. The van der Waals surface area contributed by atoms with Crippen LogP contribution in [0.1, 0.15) is 52.6 Å². The average Bonchev–Trinajstić information content (AvgIpc) is 2.24. The van der Waals surface area contributed by atoms with E-state index in [4.69, 9.17) is 4.74 Å². The van der Waals surface area contributed by atoms with Gasteiger partial charge in [0, 0.05) is 18.3 Å². The maximum absolute atomic E-state index is 5.69. The first-order valence-corrected chi connectivity index (χ1v) is 6.30. The number of rotatable bonds is 5. The topological polar surface area (TPSA) is 34.1 Å². The highest BCUT2D eigenvalue weighted by Crippen LogP contribution is 2.18. The molecule has 0 radical (unpaired) electrons. The summed E-state index contributed by atoms with van der Waals surface area (Å²) < 4.78 is 5.69. The second-order valence-electron chi connectivity index (χ2n) is 5.32. The van der Waals surface area contributed by atoms with E-state index < -0.39 is 0 Å². The Bertz CT molecular complexity index is 327. The van der Waals surface area contributed by atoms with E-state index in [-0.39, 0.29) is 5.60 Å². The molecule has 0 amide bonds. The summed E-state index contributed by atoms with van der Waals surface area (Å²) in [6, 6.07) is 4.35. The van der Waals surface area contributed by atoms with Gasteiger partial charge in [-0.1, -0.05) is 13.0 Å². The molecule has 0 fully saturated rings. The van der Waals surface area contributed by atoms with Crippen molar-refractivity contribution in [1.29, 1.82) is 0 Å². The molecule has 1 heterocycles. The average molecular weight is 236 g/mol. The lowest BCUT2D eigenvalue weighted by atomic mass is 10.1. The van der Waals surface area contributed by atoms with E-state index in [9.17, 15) is 0 Å². The molecule has 0 aromatic carbocycles. The van der Waals surface area contributed by atoms with E-state index in [1.54, 1.807) is 0 Å². The maximum Gasteiger partial charge on any atom is 0.213 e. The zero-order chi connectivity index (χ0) is 12.9. The Morgan fingerprint density at radius 1 is 1.35 bits per heavy atom. The van der Waals surface area contributed by atoms with Gasteiger partial charge in [0.2, 0.25) is 5.88 Å². The Kier molecular flexibility index (Phi) is 4.94. The minimum absolute atomic E-state index is 0.194. The molecule has 96 valence electrons. The van der Waals surface area contributed by atoms with Crippen molar-refractivity contribution >= 4 is 0 Å². The summed E-state index contributed by atoms with van der Waals surface area (Å²) in [6.45, 7) is 11.4. The van der Waals surface area contributed by atoms with Crippen molar-refractivity contribution in [2.75, 3.05) is 6.54 Å². The molecule has 1 atom stereocenters.